The first kappa shape index (κ1) is 19.6. The fourth-order valence-corrected chi connectivity index (χ4v) is 3.87. The molecule has 1 aromatic carbocycles. The van der Waals surface area contributed by atoms with E-state index in [1.54, 1.807) is 18.2 Å². The van der Waals surface area contributed by atoms with Gasteiger partial charge in [-0.15, -0.1) is 0 Å². The summed E-state index contributed by atoms with van der Waals surface area (Å²) >= 11 is 0. The Morgan fingerprint density at radius 3 is 2.30 bits per heavy atom. The molecule has 6 heteroatoms. The number of benzene rings is 1. The highest BCUT2D eigenvalue weighted by molar-refractivity contribution is 7.89. The highest BCUT2D eigenvalue weighted by Crippen LogP contribution is 2.18. The Hall–Kier alpha value is -1.40. The molecule has 0 saturated carbocycles. The quantitative estimate of drug-likeness (QED) is 0.751. The van der Waals surface area contributed by atoms with Crippen molar-refractivity contribution >= 4 is 15.9 Å². The molecule has 1 aromatic rings. The van der Waals surface area contributed by atoms with Gasteiger partial charge in [-0.05, 0) is 37.0 Å². The highest BCUT2D eigenvalue weighted by Gasteiger charge is 2.23. The Morgan fingerprint density at radius 1 is 1.17 bits per heavy atom. The number of hydrogen-bond donors (Lipinski definition) is 1. The molecule has 0 aromatic heterocycles. The lowest BCUT2D eigenvalue weighted by Crippen LogP contribution is -2.33. The van der Waals surface area contributed by atoms with Crippen molar-refractivity contribution in [2.75, 3.05) is 19.6 Å². The van der Waals surface area contributed by atoms with Crippen LogP contribution in [0.15, 0.2) is 29.2 Å². The van der Waals surface area contributed by atoms with E-state index in [0.29, 0.717) is 31.1 Å². The second kappa shape index (κ2) is 9.03. The number of sulfonamides is 1. The summed E-state index contributed by atoms with van der Waals surface area (Å²) in [6.45, 7) is 9.46. The van der Waals surface area contributed by atoms with Crippen LogP contribution in [0.5, 0.6) is 0 Å². The van der Waals surface area contributed by atoms with Gasteiger partial charge in [0.25, 0.3) is 5.91 Å². The van der Waals surface area contributed by atoms with Crippen molar-refractivity contribution in [1.82, 2.24) is 9.62 Å². The number of nitrogens with zero attached hydrogens (tertiary/aromatic N) is 1. The van der Waals surface area contributed by atoms with Gasteiger partial charge in [-0.25, -0.2) is 8.42 Å². The number of hydrogen-bond acceptors (Lipinski definition) is 3. The van der Waals surface area contributed by atoms with Crippen LogP contribution in [-0.2, 0) is 10.0 Å². The molecule has 0 saturated heterocycles. The van der Waals surface area contributed by atoms with Crippen LogP contribution >= 0.6 is 0 Å². The minimum atomic E-state index is -3.56. The van der Waals surface area contributed by atoms with Crippen molar-refractivity contribution in [2.24, 2.45) is 5.92 Å². The lowest BCUT2D eigenvalue weighted by atomic mass is 10.2. The van der Waals surface area contributed by atoms with E-state index in [2.05, 4.69) is 5.32 Å². The summed E-state index contributed by atoms with van der Waals surface area (Å²) in [5.41, 5.74) is 0.375. The highest BCUT2D eigenvalue weighted by atomic mass is 32.2. The second-order valence-corrected chi connectivity index (χ2v) is 7.97. The summed E-state index contributed by atoms with van der Waals surface area (Å²) in [7, 11) is -3.56. The molecule has 0 aliphatic carbocycles. The second-order valence-electron chi connectivity index (χ2n) is 6.04. The van der Waals surface area contributed by atoms with Gasteiger partial charge in [-0.1, -0.05) is 33.8 Å². The van der Waals surface area contributed by atoms with Crippen LogP contribution in [0.25, 0.3) is 0 Å². The molecule has 1 N–H and O–H groups in total. The van der Waals surface area contributed by atoms with Gasteiger partial charge in [0, 0.05) is 25.2 Å². The minimum absolute atomic E-state index is 0.177. The zero-order chi connectivity index (χ0) is 17.5. The smallest absolute Gasteiger partial charge is 0.251 e. The largest absolute Gasteiger partial charge is 0.352 e. The SMILES string of the molecule is CCCN(CCC)S(=O)(=O)c1cccc(C(=O)NCC(C)C)c1. The number of nitrogens with one attached hydrogen (secondary N) is 1. The van der Waals surface area contributed by atoms with E-state index in [0.717, 1.165) is 12.8 Å². The molecular weight excluding hydrogens is 312 g/mol. The molecule has 0 unspecified atom stereocenters. The van der Waals surface area contributed by atoms with Crippen molar-refractivity contribution in [3.63, 3.8) is 0 Å². The summed E-state index contributed by atoms with van der Waals surface area (Å²) < 4.78 is 27.0. The van der Waals surface area contributed by atoms with Crippen molar-refractivity contribution < 1.29 is 13.2 Å². The maximum absolute atomic E-state index is 12.7. The van der Waals surface area contributed by atoms with E-state index < -0.39 is 10.0 Å². The lowest BCUT2D eigenvalue weighted by molar-refractivity contribution is 0.0949. The fourth-order valence-electron chi connectivity index (χ4n) is 2.20. The van der Waals surface area contributed by atoms with Crippen LogP contribution in [-0.4, -0.2) is 38.3 Å². The molecule has 0 atom stereocenters. The van der Waals surface area contributed by atoms with Crippen LogP contribution in [0, 0.1) is 5.92 Å². The van der Waals surface area contributed by atoms with Gasteiger partial charge in [0.05, 0.1) is 4.90 Å². The summed E-state index contributed by atoms with van der Waals surface area (Å²) in [5, 5.41) is 2.81. The normalized spacial score (nSPS) is 11.9. The van der Waals surface area contributed by atoms with Crippen LogP contribution < -0.4 is 5.32 Å². The summed E-state index contributed by atoms with van der Waals surface area (Å²) in [4.78, 5) is 12.3. The molecule has 0 radical (unpaired) electrons. The van der Waals surface area contributed by atoms with Gasteiger partial charge in [0.1, 0.15) is 0 Å². The summed E-state index contributed by atoms with van der Waals surface area (Å²) in [6.07, 6.45) is 1.52. The van der Waals surface area contributed by atoms with Crippen LogP contribution in [0.1, 0.15) is 50.9 Å². The first-order chi connectivity index (χ1) is 10.8. The Bertz CT molecular complexity index is 606. The maximum atomic E-state index is 12.7. The van der Waals surface area contributed by atoms with Crippen molar-refractivity contribution in [1.29, 1.82) is 0 Å². The average Bonchev–Trinajstić information content (AvgIpc) is 2.52. The van der Waals surface area contributed by atoms with E-state index in [4.69, 9.17) is 0 Å². The molecule has 0 aliphatic rings. The van der Waals surface area contributed by atoms with Gasteiger partial charge < -0.3 is 5.32 Å². The molecule has 0 bridgehead atoms. The number of amides is 1. The zero-order valence-electron chi connectivity index (χ0n) is 14.5. The molecular formula is C17H28N2O3S. The van der Waals surface area contributed by atoms with Crippen molar-refractivity contribution in [3.8, 4) is 0 Å². The predicted molar refractivity (Wildman–Crippen MR) is 93.0 cm³/mol. The third-order valence-electron chi connectivity index (χ3n) is 3.35. The zero-order valence-corrected chi connectivity index (χ0v) is 15.3. The van der Waals surface area contributed by atoms with Gasteiger partial charge in [0.15, 0.2) is 0 Å². The van der Waals surface area contributed by atoms with Gasteiger partial charge in [0.2, 0.25) is 10.0 Å². The lowest BCUT2D eigenvalue weighted by Gasteiger charge is -2.21. The molecule has 1 amide bonds. The third-order valence-corrected chi connectivity index (χ3v) is 5.25. The molecule has 0 spiro atoms. The number of carbonyl (C=O) groups is 1. The van der Waals surface area contributed by atoms with Crippen molar-refractivity contribution in [3.05, 3.63) is 29.8 Å². The maximum Gasteiger partial charge on any atom is 0.251 e. The van der Waals surface area contributed by atoms with E-state index >= 15 is 0 Å². The van der Waals surface area contributed by atoms with Crippen LogP contribution in [0.4, 0.5) is 0 Å². The molecule has 130 valence electrons. The topological polar surface area (TPSA) is 66.5 Å². The minimum Gasteiger partial charge on any atom is -0.352 e. The van der Waals surface area contributed by atoms with E-state index in [1.807, 2.05) is 27.7 Å². The number of carbonyl (C=O) groups excluding carboxylic acids is 1. The summed E-state index contributed by atoms with van der Waals surface area (Å²) in [5.74, 6) is 0.101. The molecule has 0 aliphatic heterocycles. The van der Waals surface area contributed by atoms with Crippen LogP contribution in [0.3, 0.4) is 0 Å². The first-order valence-corrected chi connectivity index (χ1v) is 9.65. The standard InChI is InChI=1S/C17H28N2O3S/c1-5-10-19(11-6-2)23(21,22)16-9-7-8-15(12-16)17(20)18-13-14(3)4/h7-9,12,14H,5-6,10-11,13H2,1-4H3,(H,18,20). The molecule has 23 heavy (non-hydrogen) atoms. The Kier molecular flexibility index (Phi) is 7.72. The van der Waals surface area contributed by atoms with E-state index in [1.165, 1.54) is 10.4 Å². The van der Waals surface area contributed by atoms with Crippen LogP contribution in [0.2, 0.25) is 0 Å². The molecule has 0 fully saturated rings. The van der Waals surface area contributed by atoms with Gasteiger partial charge in [-0.2, -0.15) is 4.31 Å². The summed E-state index contributed by atoms with van der Waals surface area (Å²) in [6, 6.07) is 6.27. The van der Waals surface area contributed by atoms with E-state index in [9.17, 15) is 13.2 Å². The third kappa shape index (κ3) is 5.62. The Morgan fingerprint density at radius 2 is 1.78 bits per heavy atom. The fraction of sp³-hybridized carbons (Fsp3) is 0.588. The molecule has 1 rings (SSSR count). The number of rotatable bonds is 9. The Labute approximate surface area is 140 Å². The predicted octanol–water partition coefficient (Wildman–Crippen LogP) is 2.88. The van der Waals surface area contributed by atoms with Gasteiger partial charge in [-0.3, -0.25) is 4.79 Å². The average molecular weight is 340 g/mol. The Balaban J connectivity index is 3.04. The monoisotopic (exact) mass is 340 g/mol. The molecule has 5 nitrogen and oxygen atoms in total. The molecule has 0 heterocycles. The van der Waals surface area contributed by atoms with Gasteiger partial charge >= 0.3 is 0 Å². The van der Waals surface area contributed by atoms with E-state index in [-0.39, 0.29) is 10.8 Å². The van der Waals surface area contributed by atoms with Crippen molar-refractivity contribution in [2.45, 2.75) is 45.4 Å². The first-order valence-electron chi connectivity index (χ1n) is 8.21.